The highest BCUT2D eigenvalue weighted by molar-refractivity contribution is 5.91. The molecule has 2 aromatic rings. The fourth-order valence-electron chi connectivity index (χ4n) is 1.82. The molecule has 6 heteroatoms. The lowest BCUT2D eigenvalue weighted by Crippen LogP contribution is -2.17. The molecule has 0 amide bonds. The third-order valence-electron chi connectivity index (χ3n) is 2.87. The van der Waals surface area contributed by atoms with E-state index in [1.807, 2.05) is 20.8 Å². The number of nitrogen functional groups attached to an aromatic ring is 1. The number of phenols is 1. The second kappa shape index (κ2) is 4.77. The zero-order chi connectivity index (χ0) is 15.1. The normalized spacial score (nSPS) is 11.8. The van der Waals surface area contributed by atoms with Crippen LogP contribution in [0.15, 0.2) is 6.07 Å². The summed E-state index contributed by atoms with van der Waals surface area (Å²) in [6.07, 6.45) is 0. The van der Waals surface area contributed by atoms with Gasteiger partial charge in [0.15, 0.2) is 17.3 Å². The Morgan fingerprint density at radius 3 is 2.55 bits per heavy atom. The van der Waals surface area contributed by atoms with Gasteiger partial charge in [-0.25, -0.2) is 14.4 Å². The van der Waals surface area contributed by atoms with Crippen LogP contribution in [0.3, 0.4) is 0 Å². The van der Waals surface area contributed by atoms with E-state index in [-0.39, 0.29) is 22.5 Å². The van der Waals surface area contributed by atoms with E-state index in [0.717, 1.165) is 0 Å². The molecule has 0 fully saturated rings. The SMILES string of the molecule is CCOc1cc2c(N)nc(C(C)(C)C)nc2c(F)c1O. The van der Waals surface area contributed by atoms with Crippen LogP contribution in [0.2, 0.25) is 0 Å². The molecule has 0 spiro atoms. The second-order valence-corrected chi connectivity index (χ2v) is 5.55. The van der Waals surface area contributed by atoms with Crippen molar-refractivity contribution < 1.29 is 14.2 Å². The smallest absolute Gasteiger partial charge is 0.196 e. The molecule has 0 aliphatic carbocycles. The monoisotopic (exact) mass is 279 g/mol. The fraction of sp³-hybridized carbons (Fsp3) is 0.429. The number of hydrogen-bond donors (Lipinski definition) is 2. The summed E-state index contributed by atoms with van der Waals surface area (Å²) in [6, 6.07) is 1.46. The Morgan fingerprint density at radius 1 is 1.35 bits per heavy atom. The maximum Gasteiger partial charge on any atom is 0.196 e. The molecule has 0 aliphatic heterocycles. The van der Waals surface area contributed by atoms with Crippen molar-refractivity contribution in [1.29, 1.82) is 0 Å². The van der Waals surface area contributed by atoms with Crippen LogP contribution in [0, 0.1) is 5.82 Å². The molecule has 0 saturated heterocycles. The van der Waals surface area contributed by atoms with Crippen LogP contribution >= 0.6 is 0 Å². The molecule has 0 saturated carbocycles. The van der Waals surface area contributed by atoms with Crippen molar-refractivity contribution in [3.63, 3.8) is 0 Å². The third kappa shape index (κ3) is 2.33. The first kappa shape index (κ1) is 14.3. The van der Waals surface area contributed by atoms with E-state index < -0.39 is 11.6 Å². The van der Waals surface area contributed by atoms with Crippen molar-refractivity contribution in [3.8, 4) is 11.5 Å². The van der Waals surface area contributed by atoms with Crippen LogP contribution in [0.5, 0.6) is 11.5 Å². The number of nitrogens with two attached hydrogens (primary N) is 1. The van der Waals surface area contributed by atoms with Crippen molar-refractivity contribution in [1.82, 2.24) is 9.97 Å². The molecular weight excluding hydrogens is 261 g/mol. The quantitative estimate of drug-likeness (QED) is 0.883. The molecular formula is C14H18FN3O2. The maximum absolute atomic E-state index is 14.3. The van der Waals surface area contributed by atoms with E-state index in [4.69, 9.17) is 10.5 Å². The summed E-state index contributed by atoms with van der Waals surface area (Å²) >= 11 is 0. The molecule has 0 bridgehead atoms. The molecule has 20 heavy (non-hydrogen) atoms. The van der Waals surface area contributed by atoms with E-state index in [0.29, 0.717) is 17.8 Å². The predicted octanol–water partition coefficient (Wildman–Crippen LogP) is 2.75. The Kier molecular flexibility index (Phi) is 3.41. The van der Waals surface area contributed by atoms with Crippen molar-refractivity contribution in [2.75, 3.05) is 12.3 Å². The minimum atomic E-state index is -0.842. The Morgan fingerprint density at radius 2 is 2.00 bits per heavy atom. The van der Waals surface area contributed by atoms with Crippen LogP contribution in [0.4, 0.5) is 10.2 Å². The van der Waals surface area contributed by atoms with Gasteiger partial charge in [-0.05, 0) is 13.0 Å². The summed E-state index contributed by atoms with van der Waals surface area (Å²) in [4.78, 5) is 8.39. The number of ether oxygens (including phenoxy) is 1. The average Bonchev–Trinajstić information content (AvgIpc) is 2.35. The summed E-state index contributed by atoms with van der Waals surface area (Å²) in [5, 5.41) is 10.1. The number of benzene rings is 1. The third-order valence-corrected chi connectivity index (χ3v) is 2.87. The lowest BCUT2D eigenvalue weighted by Gasteiger charge is -2.18. The largest absolute Gasteiger partial charge is 0.502 e. The molecule has 108 valence electrons. The van der Waals surface area contributed by atoms with Gasteiger partial charge in [-0.3, -0.25) is 0 Å². The number of nitrogens with zero attached hydrogens (tertiary/aromatic N) is 2. The fourth-order valence-corrected chi connectivity index (χ4v) is 1.82. The number of phenolic OH excluding ortho intramolecular Hbond substituents is 1. The first-order valence-electron chi connectivity index (χ1n) is 6.37. The molecule has 1 aromatic carbocycles. The van der Waals surface area contributed by atoms with Gasteiger partial charge < -0.3 is 15.6 Å². The number of rotatable bonds is 2. The standard InChI is InChI=1S/C14H18FN3O2/c1-5-20-8-6-7-10(9(15)11(8)19)17-13(14(2,3)4)18-12(7)16/h6,19H,5H2,1-4H3,(H2,16,17,18). The first-order chi connectivity index (χ1) is 9.25. The van der Waals surface area contributed by atoms with Gasteiger partial charge >= 0.3 is 0 Å². The summed E-state index contributed by atoms with van der Waals surface area (Å²) in [7, 11) is 0. The van der Waals surface area contributed by atoms with Gasteiger partial charge in [0.25, 0.3) is 0 Å². The van der Waals surface area contributed by atoms with Crippen LogP contribution in [0.1, 0.15) is 33.5 Å². The van der Waals surface area contributed by atoms with Gasteiger partial charge in [-0.1, -0.05) is 20.8 Å². The summed E-state index contributed by atoms with van der Waals surface area (Å²) in [5.41, 5.74) is 5.51. The van der Waals surface area contributed by atoms with E-state index >= 15 is 0 Å². The topological polar surface area (TPSA) is 81.3 Å². The molecule has 0 atom stereocenters. The summed E-state index contributed by atoms with van der Waals surface area (Å²) in [6.45, 7) is 7.75. The van der Waals surface area contributed by atoms with Gasteiger partial charge in [-0.2, -0.15) is 0 Å². The van der Waals surface area contributed by atoms with Crippen LogP contribution in [-0.4, -0.2) is 21.7 Å². The van der Waals surface area contributed by atoms with Crippen LogP contribution < -0.4 is 10.5 Å². The second-order valence-electron chi connectivity index (χ2n) is 5.55. The van der Waals surface area contributed by atoms with Crippen molar-refractivity contribution in [2.45, 2.75) is 33.1 Å². The Bertz CT molecular complexity index is 666. The highest BCUT2D eigenvalue weighted by Crippen LogP contribution is 2.37. The van der Waals surface area contributed by atoms with Crippen molar-refractivity contribution in [3.05, 3.63) is 17.7 Å². The summed E-state index contributed by atoms with van der Waals surface area (Å²) < 4.78 is 19.4. The molecule has 1 heterocycles. The zero-order valence-corrected chi connectivity index (χ0v) is 12.0. The van der Waals surface area contributed by atoms with Gasteiger partial charge in [0.2, 0.25) is 0 Å². The van der Waals surface area contributed by atoms with E-state index in [2.05, 4.69) is 9.97 Å². The number of anilines is 1. The van der Waals surface area contributed by atoms with E-state index in [9.17, 15) is 9.50 Å². The molecule has 1 aromatic heterocycles. The molecule has 0 aliphatic rings. The molecule has 0 unspecified atom stereocenters. The highest BCUT2D eigenvalue weighted by Gasteiger charge is 2.23. The molecule has 2 rings (SSSR count). The highest BCUT2D eigenvalue weighted by atomic mass is 19.1. The minimum absolute atomic E-state index is 0.00313. The Balaban J connectivity index is 2.79. The number of halogens is 1. The van der Waals surface area contributed by atoms with Crippen LogP contribution in [0.25, 0.3) is 10.9 Å². The maximum atomic E-state index is 14.3. The van der Waals surface area contributed by atoms with Gasteiger partial charge in [-0.15, -0.1) is 0 Å². The minimum Gasteiger partial charge on any atom is -0.502 e. The average molecular weight is 279 g/mol. The number of aromatic nitrogens is 2. The van der Waals surface area contributed by atoms with Gasteiger partial charge in [0, 0.05) is 10.8 Å². The number of fused-ring (bicyclic) bond motifs is 1. The number of aromatic hydroxyl groups is 1. The molecule has 3 N–H and O–H groups in total. The predicted molar refractivity (Wildman–Crippen MR) is 75.4 cm³/mol. The van der Waals surface area contributed by atoms with Gasteiger partial charge in [0.1, 0.15) is 17.2 Å². The molecule has 5 nitrogen and oxygen atoms in total. The Hall–Kier alpha value is -2.11. The van der Waals surface area contributed by atoms with E-state index in [1.165, 1.54) is 6.07 Å². The van der Waals surface area contributed by atoms with E-state index in [1.54, 1.807) is 6.92 Å². The van der Waals surface area contributed by atoms with Gasteiger partial charge in [0.05, 0.1) is 6.61 Å². The van der Waals surface area contributed by atoms with Crippen molar-refractivity contribution >= 4 is 16.7 Å². The van der Waals surface area contributed by atoms with Crippen molar-refractivity contribution in [2.24, 2.45) is 0 Å². The molecule has 0 radical (unpaired) electrons. The lowest BCUT2D eigenvalue weighted by molar-refractivity contribution is 0.311. The summed E-state index contributed by atoms with van der Waals surface area (Å²) in [5.74, 6) is -0.774. The lowest BCUT2D eigenvalue weighted by atomic mass is 9.95. The number of hydrogen-bond acceptors (Lipinski definition) is 5. The van der Waals surface area contributed by atoms with Crippen LogP contribution in [-0.2, 0) is 5.41 Å². The Labute approximate surface area is 116 Å². The zero-order valence-electron chi connectivity index (χ0n) is 12.0. The first-order valence-corrected chi connectivity index (χ1v) is 6.37.